The molecule has 0 aromatic rings. The summed E-state index contributed by atoms with van der Waals surface area (Å²) in [6.07, 6.45) is -3.07. The smallest absolute Gasteiger partial charge is 0.209 e. The molecule has 1 atom stereocenters. The summed E-state index contributed by atoms with van der Waals surface area (Å²) in [5.41, 5.74) is 0. The van der Waals surface area contributed by atoms with Crippen molar-refractivity contribution in [2.75, 3.05) is 0 Å². The topological polar surface area (TPSA) is 0 Å². The van der Waals surface area contributed by atoms with Crippen molar-refractivity contribution in [3.8, 4) is 0 Å². The molecule has 0 aromatic carbocycles. The van der Waals surface area contributed by atoms with Crippen LogP contribution in [-0.4, -0.2) is 16.1 Å². The molecule has 0 aliphatic rings. The molecule has 0 aromatic heterocycles. The van der Waals surface area contributed by atoms with Crippen LogP contribution in [0.1, 0.15) is 0 Å². The first-order valence-electron chi connectivity index (χ1n) is 1.84. The predicted molar refractivity (Wildman–Crippen MR) is 32.6 cm³/mol. The first-order valence-corrected chi connectivity index (χ1v) is 3.55. The van der Waals surface area contributed by atoms with E-state index in [1.54, 1.807) is 15.9 Å². The third kappa shape index (κ3) is 3.40. The van der Waals surface area contributed by atoms with Crippen LogP contribution in [0, 0.1) is 0 Å². The molecule has 0 N–H and O–H groups in total. The molecule has 0 saturated carbocycles. The summed E-state index contributed by atoms with van der Waals surface area (Å²) in [5, 5.41) is 0. The fourth-order valence-corrected chi connectivity index (χ4v) is 0.343. The third-order valence-corrected chi connectivity index (χ3v) is 2.62. The van der Waals surface area contributed by atoms with Crippen LogP contribution in [0.5, 0.6) is 0 Å². The Hall–Kier alpha value is 0.680. The zero-order valence-electron chi connectivity index (χ0n) is 3.92. The van der Waals surface area contributed by atoms with Crippen molar-refractivity contribution in [3.63, 3.8) is 0 Å². The van der Waals surface area contributed by atoms with Crippen LogP contribution in [0.4, 0.5) is 17.6 Å². The zero-order valence-corrected chi connectivity index (χ0v) is 7.09. The molecule has 6 heteroatoms. The molecule has 0 bridgehead atoms. The highest BCUT2D eigenvalue weighted by Gasteiger charge is 2.40. The summed E-state index contributed by atoms with van der Waals surface area (Å²) < 4.78 is 46.2. The van der Waals surface area contributed by atoms with E-state index in [9.17, 15) is 17.6 Å². The van der Waals surface area contributed by atoms with Gasteiger partial charge in [0.15, 0.2) is 0 Å². The monoisotopic (exact) mass is 272 g/mol. The van der Waals surface area contributed by atoms with E-state index in [1.807, 2.05) is 0 Å². The minimum atomic E-state index is -3.54. The molecule has 0 aliphatic carbocycles. The van der Waals surface area contributed by atoms with Gasteiger partial charge in [0.1, 0.15) is 4.83 Å². The van der Waals surface area contributed by atoms with E-state index in [0.29, 0.717) is 0 Å². The Morgan fingerprint density at radius 1 is 1.22 bits per heavy atom. The van der Waals surface area contributed by atoms with Gasteiger partial charge in [-0.15, -0.1) is 0 Å². The number of hydrogen-bond acceptors (Lipinski definition) is 0. The lowest BCUT2D eigenvalue weighted by atomic mass is 10.5. The van der Waals surface area contributed by atoms with Crippen molar-refractivity contribution < 1.29 is 17.6 Å². The maximum atomic E-state index is 11.8. The highest BCUT2D eigenvalue weighted by atomic mass is 79.9. The van der Waals surface area contributed by atoms with Crippen LogP contribution in [0.2, 0.25) is 0 Å². The largest absolute Gasteiger partial charge is 0.319 e. The number of hydrogen-bond donors (Lipinski definition) is 0. The first-order chi connectivity index (χ1) is 3.85. The quantitative estimate of drug-likeness (QED) is 0.536. The molecule has 0 aliphatic heterocycles. The Morgan fingerprint density at radius 2 is 1.56 bits per heavy atom. The van der Waals surface area contributed by atoms with E-state index in [4.69, 9.17) is 0 Å². The lowest BCUT2D eigenvalue weighted by Crippen LogP contribution is -2.27. The van der Waals surface area contributed by atoms with Crippen LogP contribution in [0.15, 0.2) is 0 Å². The van der Waals surface area contributed by atoms with E-state index < -0.39 is 16.1 Å². The molecule has 0 saturated heterocycles. The average Bonchev–Trinajstić information content (AvgIpc) is 1.62. The van der Waals surface area contributed by atoms with Gasteiger partial charge in [-0.2, -0.15) is 8.78 Å². The number of halogens is 6. The van der Waals surface area contributed by atoms with Crippen molar-refractivity contribution in [1.29, 1.82) is 0 Å². The van der Waals surface area contributed by atoms with Gasteiger partial charge in [-0.3, -0.25) is 0 Å². The lowest BCUT2D eigenvalue weighted by molar-refractivity contribution is 0.0361. The van der Waals surface area contributed by atoms with Gasteiger partial charge in [-0.1, -0.05) is 15.9 Å². The van der Waals surface area contributed by atoms with Gasteiger partial charge in [0.25, 0.3) is 6.43 Å². The van der Waals surface area contributed by atoms with Crippen LogP contribution in [0.3, 0.4) is 0 Å². The maximum absolute atomic E-state index is 11.8. The van der Waals surface area contributed by atoms with Crippen molar-refractivity contribution in [1.82, 2.24) is 0 Å². The molecule has 0 heterocycles. The lowest BCUT2D eigenvalue weighted by Gasteiger charge is -2.13. The summed E-state index contributed by atoms with van der Waals surface area (Å²) in [5.74, 6) is 0. The normalized spacial score (nSPS) is 16.3. The molecule has 0 nitrogen and oxygen atoms in total. The Labute approximate surface area is 65.9 Å². The second-order valence-corrected chi connectivity index (χ2v) is 3.32. The van der Waals surface area contributed by atoms with E-state index >= 15 is 0 Å². The summed E-state index contributed by atoms with van der Waals surface area (Å²) in [7, 11) is 0. The molecule has 0 amide bonds. The van der Waals surface area contributed by atoms with Gasteiger partial charge in [0.2, 0.25) is 0 Å². The molecule has 0 spiro atoms. The Morgan fingerprint density at radius 3 is 1.56 bits per heavy atom. The highest BCUT2D eigenvalue weighted by Crippen LogP contribution is 2.34. The number of alkyl halides is 6. The van der Waals surface area contributed by atoms with Crippen LogP contribution < -0.4 is 0 Å². The summed E-state index contributed by atoms with van der Waals surface area (Å²) in [6.45, 7) is 0. The summed E-state index contributed by atoms with van der Waals surface area (Å²) >= 11 is 3.90. The minimum absolute atomic E-state index is 1.78. The molecular weight excluding hydrogens is 272 g/mol. The second-order valence-electron chi connectivity index (χ2n) is 1.28. The van der Waals surface area contributed by atoms with Gasteiger partial charge in [0, 0.05) is 0 Å². The van der Waals surface area contributed by atoms with E-state index in [2.05, 4.69) is 15.9 Å². The molecule has 0 radical (unpaired) electrons. The van der Waals surface area contributed by atoms with E-state index in [1.165, 1.54) is 0 Å². The third-order valence-electron chi connectivity index (χ3n) is 0.534. The molecular formula is C3H2Br2F4. The molecule has 1 unspecified atom stereocenters. The molecule has 9 heavy (non-hydrogen) atoms. The fourth-order valence-electron chi connectivity index (χ4n) is 0.143. The molecule has 0 rings (SSSR count). The minimum Gasteiger partial charge on any atom is -0.209 e. The Balaban J connectivity index is 3.88. The van der Waals surface area contributed by atoms with Gasteiger partial charge in [0.05, 0.1) is 0 Å². The van der Waals surface area contributed by atoms with Crippen molar-refractivity contribution >= 4 is 31.9 Å². The SMILES string of the molecule is FC(F)C(Br)C(F)(F)Br. The fraction of sp³-hybridized carbons (Fsp3) is 1.00. The van der Waals surface area contributed by atoms with Gasteiger partial charge in [-0.25, -0.2) is 8.78 Å². The summed E-state index contributed by atoms with van der Waals surface area (Å²) in [6, 6.07) is 0. The Kier molecular flexibility index (Phi) is 3.42. The zero-order chi connectivity index (χ0) is 7.65. The second kappa shape index (κ2) is 3.18. The average molecular weight is 274 g/mol. The van der Waals surface area contributed by atoms with E-state index in [-0.39, 0.29) is 0 Å². The standard InChI is InChI=1S/C3H2Br2F4/c4-1(2(6)7)3(5,8)9/h1-2H. The highest BCUT2D eigenvalue weighted by molar-refractivity contribution is 9.12. The molecule has 56 valence electrons. The Bertz CT molecular complexity index is 88.3. The first kappa shape index (κ1) is 9.68. The molecule has 0 fully saturated rings. The summed E-state index contributed by atoms with van der Waals surface area (Å²) in [4.78, 5) is -5.66. The van der Waals surface area contributed by atoms with Crippen molar-refractivity contribution in [2.24, 2.45) is 0 Å². The maximum Gasteiger partial charge on any atom is 0.319 e. The van der Waals surface area contributed by atoms with Gasteiger partial charge < -0.3 is 0 Å². The van der Waals surface area contributed by atoms with Gasteiger partial charge >= 0.3 is 4.83 Å². The van der Waals surface area contributed by atoms with Crippen LogP contribution >= 0.6 is 31.9 Å². The van der Waals surface area contributed by atoms with Crippen molar-refractivity contribution in [2.45, 2.75) is 16.1 Å². The van der Waals surface area contributed by atoms with Crippen LogP contribution in [0.25, 0.3) is 0 Å². The van der Waals surface area contributed by atoms with Crippen LogP contribution in [-0.2, 0) is 0 Å². The predicted octanol–water partition coefficient (Wildman–Crippen LogP) is 3.00. The van der Waals surface area contributed by atoms with Gasteiger partial charge in [-0.05, 0) is 15.9 Å². The van der Waals surface area contributed by atoms with E-state index in [0.717, 1.165) is 0 Å². The van der Waals surface area contributed by atoms with Crippen molar-refractivity contribution in [3.05, 3.63) is 0 Å². The number of rotatable bonds is 2.